The average molecular weight is 391 g/mol. The number of rotatable bonds is 6. The third-order valence-corrected chi connectivity index (χ3v) is 5.68. The van der Waals surface area contributed by atoms with Gasteiger partial charge in [0.2, 0.25) is 5.91 Å². The number of aromatic nitrogens is 3. The summed E-state index contributed by atoms with van der Waals surface area (Å²) >= 11 is 1.26. The predicted molar refractivity (Wildman–Crippen MR) is 102 cm³/mol. The van der Waals surface area contributed by atoms with Gasteiger partial charge in [0.05, 0.1) is 11.5 Å². The highest BCUT2D eigenvalue weighted by Gasteiger charge is 2.23. The second-order valence-corrected chi connectivity index (χ2v) is 7.89. The number of nitrogens with one attached hydrogen (secondary N) is 2. The van der Waals surface area contributed by atoms with E-state index in [1.807, 2.05) is 17.6 Å². The molecule has 0 bridgehead atoms. The van der Waals surface area contributed by atoms with Crippen molar-refractivity contribution in [1.82, 2.24) is 25.4 Å². The lowest BCUT2D eigenvalue weighted by Crippen LogP contribution is -2.47. The van der Waals surface area contributed by atoms with Gasteiger partial charge in [-0.2, -0.15) is 0 Å². The maximum absolute atomic E-state index is 12.4. The Kier molecular flexibility index (Phi) is 6.54. The molecule has 8 nitrogen and oxygen atoms in total. The summed E-state index contributed by atoms with van der Waals surface area (Å²) in [5.74, 6) is 0.895. The Labute approximate surface area is 162 Å². The highest BCUT2D eigenvalue weighted by Crippen LogP contribution is 2.27. The summed E-state index contributed by atoms with van der Waals surface area (Å²) in [6, 6.07) is 3.34. The molecule has 1 fully saturated rings. The van der Waals surface area contributed by atoms with Crippen molar-refractivity contribution in [3.63, 3.8) is 0 Å². The predicted octanol–water partition coefficient (Wildman–Crippen LogP) is 3.20. The van der Waals surface area contributed by atoms with Crippen molar-refractivity contribution < 1.29 is 14.0 Å². The van der Waals surface area contributed by atoms with Crippen molar-refractivity contribution in [2.45, 2.75) is 68.9 Å². The van der Waals surface area contributed by atoms with Crippen LogP contribution in [0.3, 0.4) is 0 Å². The molecule has 0 aliphatic heterocycles. The largest absolute Gasteiger partial charge is 0.461 e. The summed E-state index contributed by atoms with van der Waals surface area (Å²) in [7, 11) is 0. The lowest BCUT2D eigenvalue weighted by Gasteiger charge is -2.23. The number of hydrogen-bond donors (Lipinski definition) is 2. The van der Waals surface area contributed by atoms with E-state index in [0.717, 1.165) is 25.7 Å². The van der Waals surface area contributed by atoms with E-state index in [9.17, 15) is 9.59 Å². The molecular formula is C18H25N5O3S. The zero-order chi connectivity index (χ0) is 19.2. The van der Waals surface area contributed by atoms with Crippen molar-refractivity contribution in [1.29, 1.82) is 0 Å². The second-order valence-electron chi connectivity index (χ2n) is 6.59. The van der Waals surface area contributed by atoms with Crippen molar-refractivity contribution >= 4 is 23.7 Å². The number of hydrogen-bond acceptors (Lipinski definition) is 6. The van der Waals surface area contributed by atoms with E-state index in [1.54, 1.807) is 19.3 Å². The zero-order valence-corrected chi connectivity index (χ0v) is 16.4. The minimum atomic E-state index is -0.485. The number of carbonyl (C=O) groups is 2. The van der Waals surface area contributed by atoms with Gasteiger partial charge in [0.1, 0.15) is 0 Å². The number of imide groups is 1. The van der Waals surface area contributed by atoms with Gasteiger partial charge in [-0.05, 0) is 38.8 Å². The Balaban J connectivity index is 1.57. The van der Waals surface area contributed by atoms with Gasteiger partial charge >= 0.3 is 6.03 Å². The lowest BCUT2D eigenvalue weighted by atomic mass is 9.96. The van der Waals surface area contributed by atoms with Crippen LogP contribution in [-0.2, 0) is 11.3 Å². The van der Waals surface area contributed by atoms with Crippen molar-refractivity contribution in [2.75, 3.05) is 0 Å². The van der Waals surface area contributed by atoms with Gasteiger partial charge in [0.15, 0.2) is 16.7 Å². The monoisotopic (exact) mass is 391 g/mol. The van der Waals surface area contributed by atoms with Gasteiger partial charge < -0.3 is 9.73 Å². The molecule has 9 heteroatoms. The Morgan fingerprint density at radius 2 is 2.11 bits per heavy atom. The fourth-order valence-corrected chi connectivity index (χ4v) is 4.06. The van der Waals surface area contributed by atoms with Crippen LogP contribution in [0.15, 0.2) is 28.0 Å². The smallest absolute Gasteiger partial charge is 0.321 e. The van der Waals surface area contributed by atoms with Gasteiger partial charge in [-0.1, -0.05) is 31.0 Å². The van der Waals surface area contributed by atoms with E-state index in [-0.39, 0.29) is 11.9 Å². The Bertz CT molecular complexity index is 768. The molecule has 146 valence electrons. The van der Waals surface area contributed by atoms with Crippen LogP contribution in [0, 0.1) is 0 Å². The van der Waals surface area contributed by atoms with Crippen molar-refractivity contribution in [3.05, 3.63) is 18.4 Å². The molecule has 2 heterocycles. The molecule has 1 saturated carbocycles. The normalized spacial score (nSPS) is 16.1. The van der Waals surface area contributed by atoms with Gasteiger partial charge in [0, 0.05) is 12.6 Å². The molecule has 0 saturated heterocycles. The summed E-state index contributed by atoms with van der Waals surface area (Å²) < 4.78 is 7.27. The van der Waals surface area contributed by atoms with Gasteiger partial charge in [-0.3, -0.25) is 14.7 Å². The first-order chi connectivity index (χ1) is 13.1. The van der Waals surface area contributed by atoms with Crippen molar-refractivity contribution in [3.8, 4) is 11.6 Å². The highest BCUT2D eigenvalue weighted by molar-refractivity contribution is 8.00. The molecule has 3 rings (SSSR count). The Hall–Kier alpha value is -2.29. The standard InChI is InChI=1S/C18H25N5O3S/c1-3-23-15(14-10-7-11-26-14)21-22-18(23)27-12(2)16(24)20-17(25)19-13-8-5-4-6-9-13/h7,10-13H,3-6,8-9H2,1-2H3,(H2,19,20,24,25). The molecule has 1 atom stereocenters. The van der Waals surface area contributed by atoms with Gasteiger partial charge in [-0.25, -0.2) is 4.79 Å². The number of nitrogens with zero attached hydrogens (tertiary/aromatic N) is 3. The second kappa shape index (κ2) is 9.07. The van der Waals surface area contributed by atoms with Crippen LogP contribution in [0.5, 0.6) is 0 Å². The van der Waals surface area contributed by atoms with E-state index in [1.165, 1.54) is 18.2 Å². The average Bonchev–Trinajstić information content (AvgIpc) is 3.31. The summed E-state index contributed by atoms with van der Waals surface area (Å²) in [6.45, 7) is 4.36. The molecule has 3 amide bonds. The number of amides is 3. The van der Waals surface area contributed by atoms with Crippen LogP contribution >= 0.6 is 11.8 Å². The topological polar surface area (TPSA) is 102 Å². The molecule has 0 aromatic carbocycles. The van der Waals surface area contributed by atoms with E-state index in [2.05, 4.69) is 20.8 Å². The number of urea groups is 1. The molecule has 2 aromatic heterocycles. The SMILES string of the molecule is CCn1c(SC(C)C(=O)NC(=O)NC2CCCCC2)nnc1-c1ccco1. The van der Waals surface area contributed by atoms with Gasteiger partial charge in [-0.15, -0.1) is 10.2 Å². The lowest BCUT2D eigenvalue weighted by molar-refractivity contribution is -0.119. The first-order valence-corrected chi connectivity index (χ1v) is 10.2. The number of carbonyl (C=O) groups excluding carboxylic acids is 2. The summed E-state index contributed by atoms with van der Waals surface area (Å²) in [5.41, 5.74) is 0. The van der Waals surface area contributed by atoms with Crippen LogP contribution in [0.1, 0.15) is 46.0 Å². The molecule has 2 aromatic rings. The van der Waals surface area contributed by atoms with Crippen molar-refractivity contribution in [2.24, 2.45) is 0 Å². The summed E-state index contributed by atoms with van der Waals surface area (Å²) in [6.07, 6.45) is 6.98. The highest BCUT2D eigenvalue weighted by atomic mass is 32.2. The van der Waals surface area contributed by atoms with Gasteiger partial charge in [0.25, 0.3) is 0 Å². The molecule has 1 aliphatic carbocycles. The van der Waals surface area contributed by atoms with Crippen LogP contribution in [0.2, 0.25) is 0 Å². The molecule has 0 radical (unpaired) electrons. The van der Waals surface area contributed by atoms with E-state index < -0.39 is 11.3 Å². The zero-order valence-electron chi connectivity index (χ0n) is 15.6. The number of thioether (sulfide) groups is 1. The molecular weight excluding hydrogens is 366 g/mol. The molecule has 2 N–H and O–H groups in total. The minimum absolute atomic E-state index is 0.161. The van der Waals surface area contributed by atoms with E-state index in [0.29, 0.717) is 23.3 Å². The molecule has 0 spiro atoms. The minimum Gasteiger partial charge on any atom is -0.461 e. The molecule has 1 aliphatic rings. The first-order valence-electron chi connectivity index (χ1n) is 9.33. The van der Waals surface area contributed by atoms with Crippen LogP contribution < -0.4 is 10.6 Å². The fraction of sp³-hybridized carbons (Fsp3) is 0.556. The summed E-state index contributed by atoms with van der Waals surface area (Å²) in [4.78, 5) is 24.4. The van der Waals surface area contributed by atoms with E-state index >= 15 is 0 Å². The summed E-state index contributed by atoms with van der Waals surface area (Å²) in [5, 5.41) is 13.8. The van der Waals surface area contributed by atoms with E-state index in [4.69, 9.17) is 4.42 Å². The van der Waals surface area contributed by atoms with Crippen LogP contribution in [0.4, 0.5) is 4.79 Å². The first kappa shape index (κ1) is 19.5. The molecule has 27 heavy (non-hydrogen) atoms. The Morgan fingerprint density at radius 1 is 1.33 bits per heavy atom. The fourth-order valence-electron chi connectivity index (χ4n) is 3.14. The third-order valence-electron chi connectivity index (χ3n) is 4.60. The maximum Gasteiger partial charge on any atom is 0.321 e. The number of furan rings is 1. The van der Waals surface area contributed by atoms with Crippen LogP contribution in [0.25, 0.3) is 11.6 Å². The Morgan fingerprint density at radius 3 is 2.78 bits per heavy atom. The maximum atomic E-state index is 12.4. The quantitative estimate of drug-likeness (QED) is 0.733. The molecule has 1 unspecified atom stereocenters. The van der Waals surface area contributed by atoms with Crippen LogP contribution in [-0.4, -0.2) is 38.0 Å². The third kappa shape index (κ3) is 4.91.